The number of fused-ring (bicyclic) bond motifs is 2. The standard InChI is InChI=1S/C17H20N4O5/c1-24-11-4-2-10(3-5-11)19-17(23)20-13-12-8-25-16(26-12)14(15(13)22)21-7-6-18-9-21/h2-7,9,12-16,22H,8H2,1H3,(H2,19,20,23)/t12-,13-,14-,15+,16-/m1/s1. The number of hydrogen-bond donors (Lipinski definition) is 3. The Bertz CT molecular complexity index is 751. The second-order valence-electron chi connectivity index (χ2n) is 6.22. The molecule has 2 amide bonds. The fraction of sp³-hybridized carbons (Fsp3) is 0.412. The minimum Gasteiger partial charge on any atom is -0.497 e. The molecule has 138 valence electrons. The maximum Gasteiger partial charge on any atom is 0.319 e. The molecule has 2 fully saturated rings. The second kappa shape index (κ2) is 6.94. The predicted molar refractivity (Wildman–Crippen MR) is 90.8 cm³/mol. The number of methoxy groups -OCH3 is 1. The Labute approximate surface area is 149 Å². The van der Waals surface area contributed by atoms with Crippen molar-refractivity contribution in [1.82, 2.24) is 14.9 Å². The van der Waals surface area contributed by atoms with E-state index >= 15 is 0 Å². The number of ether oxygens (including phenoxy) is 3. The van der Waals surface area contributed by atoms with Gasteiger partial charge in [0.1, 0.15) is 24.0 Å². The molecule has 2 saturated heterocycles. The molecule has 0 unspecified atom stereocenters. The Balaban J connectivity index is 1.45. The smallest absolute Gasteiger partial charge is 0.319 e. The van der Waals surface area contributed by atoms with Gasteiger partial charge in [-0.05, 0) is 24.3 Å². The number of rotatable bonds is 4. The molecule has 1 aromatic carbocycles. The highest BCUT2D eigenvalue weighted by molar-refractivity contribution is 5.89. The number of benzene rings is 1. The van der Waals surface area contributed by atoms with Crippen LogP contribution in [0.15, 0.2) is 43.0 Å². The number of nitrogens with one attached hydrogen (secondary N) is 2. The zero-order valence-corrected chi connectivity index (χ0v) is 14.1. The summed E-state index contributed by atoms with van der Waals surface area (Å²) in [5, 5.41) is 16.3. The quantitative estimate of drug-likeness (QED) is 0.742. The molecule has 9 heteroatoms. The zero-order chi connectivity index (χ0) is 18.1. The summed E-state index contributed by atoms with van der Waals surface area (Å²) >= 11 is 0. The number of imidazole rings is 1. The zero-order valence-electron chi connectivity index (χ0n) is 14.1. The number of aliphatic hydroxyl groups is 1. The highest BCUT2D eigenvalue weighted by Gasteiger charge is 2.51. The van der Waals surface area contributed by atoms with Gasteiger partial charge in [-0.3, -0.25) is 0 Å². The van der Waals surface area contributed by atoms with Crippen molar-refractivity contribution in [2.24, 2.45) is 0 Å². The van der Waals surface area contributed by atoms with Gasteiger partial charge >= 0.3 is 6.03 Å². The molecule has 2 bridgehead atoms. The third kappa shape index (κ3) is 3.12. The maximum absolute atomic E-state index is 12.4. The molecule has 2 aliphatic rings. The van der Waals surface area contributed by atoms with Gasteiger partial charge in [0, 0.05) is 18.1 Å². The largest absolute Gasteiger partial charge is 0.497 e. The molecule has 9 nitrogen and oxygen atoms in total. The van der Waals surface area contributed by atoms with Crippen LogP contribution in [0, 0.1) is 0 Å². The SMILES string of the molecule is COc1ccc(NC(=O)N[C@H]2[C@H](O)[C@@H](n3ccnc3)[C@@H]3OC[C@H]2O3)cc1. The van der Waals surface area contributed by atoms with E-state index < -0.39 is 36.6 Å². The molecule has 2 aromatic rings. The van der Waals surface area contributed by atoms with E-state index in [1.165, 1.54) is 0 Å². The van der Waals surface area contributed by atoms with Crippen molar-refractivity contribution >= 4 is 11.7 Å². The van der Waals surface area contributed by atoms with Gasteiger partial charge in [0.05, 0.1) is 26.1 Å². The first-order chi connectivity index (χ1) is 12.7. The van der Waals surface area contributed by atoms with E-state index in [0.29, 0.717) is 18.0 Å². The fourth-order valence-electron chi connectivity index (χ4n) is 3.34. The Kier molecular flexibility index (Phi) is 4.49. The van der Waals surface area contributed by atoms with E-state index in [0.717, 1.165) is 0 Å². The lowest BCUT2D eigenvalue weighted by Gasteiger charge is -2.38. The van der Waals surface area contributed by atoms with Crippen LogP contribution in [0.1, 0.15) is 6.04 Å². The molecule has 3 heterocycles. The van der Waals surface area contributed by atoms with Crippen molar-refractivity contribution in [3.63, 3.8) is 0 Å². The summed E-state index contributed by atoms with van der Waals surface area (Å²) < 4.78 is 18.3. The van der Waals surface area contributed by atoms with Crippen LogP contribution in [-0.4, -0.2) is 58.9 Å². The number of carbonyl (C=O) groups excluding carboxylic acids is 1. The number of carbonyl (C=O) groups is 1. The lowest BCUT2D eigenvalue weighted by Crippen LogP contribution is -2.59. The van der Waals surface area contributed by atoms with Crippen molar-refractivity contribution in [2.75, 3.05) is 19.0 Å². The van der Waals surface area contributed by atoms with Crippen LogP contribution < -0.4 is 15.4 Å². The van der Waals surface area contributed by atoms with Crippen LogP contribution in [0.2, 0.25) is 0 Å². The Morgan fingerprint density at radius 2 is 2.19 bits per heavy atom. The van der Waals surface area contributed by atoms with Gasteiger partial charge in [0.15, 0.2) is 6.29 Å². The lowest BCUT2D eigenvalue weighted by atomic mass is 9.96. The molecule has 1 aromatic heterocycles. The molecule has 2 aliphatic heterocycles. The van der Waals surface area contributed by atoms with Crippen LogP contribution in [0.3, 0.4) is 0 Å². The number of nitrogens with zero attached hydrogens (tertiary/aromatic N) is 2. The van der Waals surface area contributed by atoms with Crippen LogP contribution >= 0.6 is 0 Å². The van der Waals surface area contributed by atoms with Gasteiger partial charge in [0.2, 0.25) is 0 Å². The van der Waals surface area contributed by atoms with Crippen molar-refractivity contribution in [2.45, 2.75) is 30.6 Å². The molecule has 3 N–H and O–H groups in total. The molecular formula is C17H20N4O5. The van der Waals surface area contributed by atoms with Crippen LogP contribution in [0.4, 0.5) is 10.5 Å². The van der Waals surface area contributed by atoms with Crippen LogP contribution in [0.25, 0.3) is 0 Å². The summed E-state index contributed by atoms with van der Waals surface area (Å²) in [5.74, 6) is 0.699. The number of amides is 2. The number of anilines is 1. The molecule has 0 radical (unpaired) electrons. The van der Waals surface area contributed by atoms with Crippen molar-refractivity contribution < 1.29 is 24.1 Å². The minimum absolute atomic E-state index is 0.306. The van der Waals surface area contributed by atoms with E-state index in [4.69, 9.17) is 14.2 Å². The van der Waals surface area contributed by atoms with Gasteiger partial charge in [-0.2, -0.15) is 0 Å². The topological polar surface area (TPSA) is 107 Å². The van der Waals surface area contributed by atoms with Crippen LogP contribution in [0.5, 0.6) is 5.75 Å². The second-order valence-corrected chi connectivity index (χ2v) is 6.22. The van der Waals surface area contributed by atoms with Gasteiger partial charge in [-0.15, -0.1) is 0 Å². The third-order valence-electron chi connectivity index (χ3n) is 4.65. The average molecular weight is 360 g/mol. The Morgan fingerprint density at radius 3 is 2.88 bits per heavy atom. The Hall–Kier alpha value is -2.62. The fourth-order valence-corrected chi connectivity index (χ4v) is 3.34. The van der Waals surface area contributed by atoms with Crippen molar-refractivity contribution in [3.8, 4) is 5.75 Å². The summed E-state index contributed by atoms with van der Waals surface area (Å²) in [4.78, 5) is 16.4. The summed E-state index contributed by atoms with van der Waals surface area (Å²) in [6.45, 7) is 0.306. The first kappa shape index (κ1) is 16.8. The summed E-state index contributed by atoms with van der Waals surface area (Å²) in [7, 11) is 1.58. The predicted octanol–water partition coefficient (Wildman–Crippen LogP) is 0.739. The van der Waals surface area contributed by atoms with Gasteiger partial charge in [0.25, 0.3) is 0 Å². The number of urea groups is 1. The van der Waals surface area contributed by atoms with Gasteiger partial charge < -0.3 is 34.5 Å². The maximum atomic E-state index is 12.4. The highest BCUT2D eigenvalue weighted by Crippen LogP contribution is 2.35. The van der Waals surface area contributed by atoms with Crippen molar-refractivity contribution in [1.29, 1.82) is 0 Å². The van der Waals surface area contributed by atoms with E-state index in [2.05, 4.69) is 15.6 Å². The molecule has 0 aliphatic carbocycles. The molecule has 0 spiro atoms. The van der Waals surface area contributed by atoms with Crippen molar-refractivity contribution in [3.05, 3.63) is 43.0 Å². The molecular weight excluding hydrogens is 340 g/mol. The molecule has 0 saturated carbocycles. The normalized spacial score (nSPS) is 30.0. The van der Waals surface area contributed by atoms with E-state index in [-0.39, 0.29) is 0 Å². The number of aliphatic hydroxyl groups excluding tert-OH is 1. The van der Waals surface area contributed by atoms with Crippen LogP contribution in [-0.2, 0) is 9.47 Å². The van der Waals surface area contributed by atoms with E-state index in [1.807, 2.05) is 0 Å². The number of hydrogen-bond acceptors (Lipinski definition) is 6. The van der Waals surface area contributed by atoms with E-state index in [9.17, 15) is 9.90 Å². The summed E-state index contributed by atoms with van der Waals surface area (Å²) in [6.07, 6.45) is 3.09. The van der Waals surface area contributed by atoms with Gasteiger partial charge in [-0.25, -0.2) is 9.78 Å². The first-order valence-electron chi connectivity index (χ1n) is 8.30. The minimum atomic E-state index is -0.878. The summed E-state index contributed by atoms with van der Waals surface area (Å²) in [5.41, 5.74) is 0.612. The molecule has 26 heavy (non-hydrogen) atoms. The monoisotopic (exact) mass is 360 g/mol. The first-order valence-corrected chi connectivity index (χ1v) is 8.30. The Morgan fingerprint density at radius 1 is 1.38 bits per heavy atom. The third-order valence-corrected chi connectivity index (χ3v) is 4.65. The molecule has 5 atom stereocenters. The summed E-state index contributed by atoms with van der Waals surface area (Å²) in [6, 6.07) is 5.43. The van der Waals surface area contributed by atoms with E-state index in [1.54, 1.807) is 54.7 Å². The highest BCUT2D eigenvalue weighted by atomic mass is 16.7. The molecule has 4 rings (SSSR count). The lowest BCUT2D eigenvalue weighted by molar-refractivity contribution is -0.163. The number of aromatic nitrogens is 2. The average Bonchev–Trinajstić information content (AvgIpc) is 3.31. The van der Waals surface area contributed by atoms with Gasteiger partial charge in [-0.1, -0.05) is 0 Å².